The summed E-state index contributed by atoms with van der Waals surface area (Å²) in [5.74, 6) is 0.471. The fourth-order valence-electron chi connectivity index (χ4n) is 3.80. The van der Waals surface area contributed by atoms with Crippen LogP contribution in [0.25, 0.3) is 0 Å². The Morgan fingerprint density at radius 2 is 1.74 bits per heavy atom. The van der Waals surface area contributed by atoms with Crippen molar-refractivity contribution in [3.05, 3.63) is 0 Å². The van der Waals surface area contributed by atoms with Gasteiger partial charge in [0.1, 0.15) is 10.5 Å². The summed E-state index contributed by atoms with van der Waals surface area (Å²) in [7, 11) is 0.775. The maximum absolute atomic E-state index is 12.3. The first kappa shape index (κ1) is 23.2. The molecule has 0 saturated carbocycles. The first-order chi connectivity index (χ1) is 11.0. The van der Waals surface area contributed by atoms with E-state index in [9.17, 15) is 4.79 Å². The molecule has 0 aliphatic carbocycles. The zero-order valence-electron chi connectivity index (χ0n) is 16.5. The average molecular weight is 361 g/mol. The molecule has 0 aromatic carbocycles. The molecule has 0 aliphatic rings. The van der Waals surface area contributed by atoms with Crippen LogP contribution in [-0.4, -0.2) is 26.5 Å². The Hall–Kier alpha value is 0.197. The van der Waals surface area contributed by atoms with Gasteiger partial charge < -0.3 is 4.43 Å². The molecule has 0 aromatic rings. The Labute approximate surface area is 152 Å². The first-order valence-electron chi connectivity index (χ1n) is 9.75. The maximum atomic E-state index is 12.3. The summed E-state index contributed by atoms with van der Waals surface area (Å²) in [6, 6.07) is 0. The minimum Gasteiger partial charge on any atom is -0.422 e. The van der Waals surface area contributed by atoms with Gasteiger partial charge in [-0.3, -0.25) is 4.79 Å². The number of carbonyl (C=O) groups excluding carboxylic acids is 1. The SMILES string of the molecule is CCCCCCCC(=O)SC(C)C(CC)C(CC)(CCC)O[SiH3]. The van der Waals surface area contributed by atoms with Crippen molar-refractivity contribution in [3.63, 3.8) is 0 Å². The third-order valence-corrected chi connectivity index (χ3v) is 7.14. The molecular weight excluding hydrogens is 320 g/mol. The minimum atomic E-state index is -0.0104. The third-order valence-electron chi connectivity index (χ3n) is 5.16. The number of hydrogen-bond acceptors (Lipinski definition) is 3. The van der Waals surface area contributed by atoms with E-state index in [1.54, 1.807) is 11.8 Å². The van der Waals surface area contributed by atoms with Crippen LogP contribution in [0.4, 0.5) is 0 Å². The quantitative estimate of drug-likeness (QED) is 0.312. The normalized spacial score (nSPS) is 16.9. The van der Waals surface area contributed by atoms with Gasteiger partial charge in [0.15, 0.2) is 5.12 Å². The van der Waals surface area contributed by atoms with Crippen LogP contribution >= 0.6 is 11.8 Å². The fourth-order valence-corrected chi connectivity index (χ4v) is 5.88. The van der Waals surface area contributed by atoms with E-state index in [4.69, 9.17) is 4.43 Å². The van der Waals surface area contributed by atoms with E-state index in [2.05, 4.69) is 34.6 Å². The van der Waals surface area contributed by atoms with Crippen molar-refractivity contribution in [3.8, 4) is 0 Å². The lowest BCUT2D eigenvalue weighted by atomic mass is 9.78. The van der Waals surface area contributed by atoms with Crippen molar-refractivity contribution in [1.82, 2.24) is 0 Å². The van der Waals surface area contributed by atoms with Gasteiger partial charge in [0.05, 0.1) is 5.60 Å². The van der Waals surface area contributed by atoms with E-state index >= 15 is 0 Å². The van der Waals surface area contributed by atoms with Crippen LogP contribution in [0.1, 0.15) is 98.8 Å². The highest BCUT2D eigenvalue weighted by molar-refractivity contribution is 8.14. The highest BCUT2D eigenvalue weighted by Crippen LogP contribution is 2.39. The van der Waals surface area contributed by atoms with E-state index in [0.29, 0.717) is 16.3 Å². The van der Waals surface area contributed by atoms with Crippen molar-refractivity contribution in [2.24, 2.45) is 5.92 Å². The molecule has 3 unspecified atom stereocenters. The molecule has 0 saturated heterocycles. The Bertz CT molecular complexity index is 306. The standard InChI is InChI=1S/C19H40O2SSi/c1-6-10-11-12-13-14-18(20)22-16(5)17(8-3)19(9-4,21-23)15-7-2/h16-17H,6-15H2,1-5,23H3. The van der Waals surface area contributed by atoms with Crippen LogP contribution in [-0.2, 0) is 9.22 Å². The zero-order chi connectivity index (χ0) is 17.7. The molecule has 0 bridgehead atoms. The smallest absolute Gasteiger partial charge is 0.189 e. The second-order valence-electron chi connectivity index (χ2n) is 6.75. The summed E-state index contributed by atoms with van der Waals surface area (Å²) >= 11 is 1.58. The molecule has 0 aliphatic heterocycles. The van der Waals surface area contributed by atoms with Gasteiger partial charge in [-0.2, -0.15) is 0 Å². The Kier molecular flexibility index (Phi) is 13.6. The van der Waals surface area contributed by atoms with Crippen LogP contribution < -0.4 is 0 Å². The summed E-state index contributed by atoms with van der Waals surface area (Å²) in [5, 5.41) is 0.728. The molecular formula is C19H40O2SSi. The lowest BCUT2D eigenvalue weighted by molar-refractivity contribution is -0.111. The van der Waals surface area contributed by atoms with Crippen LogP contribution in [0.2, 0.25) is 0 Å². The molecule has 4 heteroatoms. The molecule has 0 spiro atoms. The van der Waals surface area contributed by atoms with Gasteiger partial charge in [0.2, 0.25) is 0 Å². The van der Waals surface area contributed by atoms with Crippen LogP contribution in [0, 0.1) is 5.92 Å². The van der Waals surface area contributed by atoms with Gasteiger partial charge in [-0.25, -0.2) is 0 Å². The maximum Gasteiger partial charge on any atom is 0.189 e. The van der Waals surface area contributed by atoms with Crippen molar-refractivity contribution in [2.45, 2.75) is 110 Å². The third kappa shape index (κ3) is 8.22. The zero-order valence-corrected chi connectivity index (χ0v) is 19.3. The minimum absolute atomic E-state index is 0.0104. The number of hydrogen-bond donors (Lipinski definition) is 0. The van der Waals surface area contributed by atoms with Crippen molar-refractivity contribution in [1.29, 1.82) is 0 Å². The van der Waals surface area contributed by atoms with Gasteiger partial charge in [-0.1, -0.05) is 78.5 Å². The lowest BCUT2D eigenvalue weighted by Gasteiger charge is -2.42. The van der Waals surface area contributed by atoms with E-state index in [1.807, 2.05) is 0 Å². The van der Waals surface area contributed by atoms with Crippen molar-refractivity contribution >= 4 is 27.4 Å². The van der Waals surface area contributed by atoms with Crippen LogP contribution in [0.15, 0.2) is 0 Å². The molecule has 2 nitrogen and oxygen atoms in total. The van der Waals surface area contributed by atoms with E-state index < -0.39 is 0 Å². The van der Waals surface area contributed by atoms with Crippen LogP contribution in [0.5, 0.6) is 0 Å². The molecule has 0 aromatic heterocycles. The van der Waals surface area contributed by atoms with E-state index in [1.165, 1.54) is 25.7 Å². The first-order valence-corrected chi connectivity index (χ1v) is 11.4. The highest BCUT2D eigenvalue weighted by atomic mass is 32.2. The molecule has 138 valence electrons. The highest BCUT2D eigenvalue weighted by Gasteiger charge is 2.38. The van der Waals surface area contributed by atoms with E-state index in [0.717, 1.165) is 49.0 Å². The Balaban J connectivity index is 4.52. The van der Waals surface area contributed by atoms with Crippen molar-refractivity contribution < 1.29 is 9.22 Å². The van der Waals surface area contributed by atoms with Gasteiger partial charge in [0, 0.05) is 11.7 Å². The largest absolute Gasteiger partial charge is 0.422 e. The number of unbranched alkanes of at least 4 members (excludes halogenated alkanes) is 4. The predicted octanol–water partition coefficient (Wildman–Crippen LogP) is 5.27. The number of carbonyl (C=O) groups is 1. The predicted molar refractivity (Wildman–Crippen MR) is 108 cm³/mol. The fraction of sp³-hybridized carbons (Fsp3) is 0.947. The molecule has 23 heavy (non-hydrogen) atoms. The molecule has 0 heterocycles. The second-order valence-corrected chi connectivity index (χ2v) is 8.59. The van der Waals surface area contributed by atoms with E-state index in [-0.39, 0.29) is 5.60 Å². The van der Waals surface area contributed by atoms with Gasteiger partial charge in [0.25, 0.3) is 0 Å². The second kappa shape index (κ2) is 13.5. The number of rotatable bonds is 14. The van der Waals surface area contributed by atoms with Crippen LogP contribution in [0.3, 0.4) is 0 Å². The van der Waals surface area contributed by atoms with Gasteiger partial charge in [-0.15, -0.1) is 0 Å². The summed E-state index contributed by atoms with van der Waals surface area (Å²) in [5.41, 5.74) is -0.0104. The molecule has 0 fully saturated rings. The Morgan fingerprint density at radius 3 is 2.22 bits per heavy atom. The summed E-state index contributed by atoms with van der Waals surface area (Å²) < 4.78 is 6.12. The summed E-state index contributed by atoms with van der Waals surface area (Å²) in [6.07, 6.45) is 11.2. The molecule has 0 rings (SSSR count). The average Bonchev–Trinajstić information content (AvgIpc) is 2.54. The Morgan fingerprint density at radius 1 is 1.09 bits per heavy atom. The molecule has 0 amide bonds. The van der Waals surface area contributed by atoms with Gasteiger partial charge in [-0.05, 0) is 31.6 Å². The van der Waals surface area contributed by atoms with Crippen molar-refractivity contribution in [2.75, 3.05) is 0 Å². The molecule has 0 N–H and O–H groups in total. The van der Waals surface area contributed by atoms with Gasteiger partial charge >= 0.3 is 0 Å². The molecule has 0 radical (unpaired) electrons. The lowest BCUT2D eigenvalue weighted by Crippen LogP contribution is -2.44. The monoisotopic (exact) mass is 360 g/mol. The topological polar surface area (TPSA) is 26.3 Å². The molecule has 3 atom stereocenters. The number of thioether (sulfide) groups is 1. The summed E-state index contributed by atoms with van der Waals surface area (Å²) in [4.78, 5) is 12.3. The summed E-state index contributed by atoms with van der Waals surface area (Å²) in [6.45, 7) is 11.2.